The zero-order chi connectivity index (χ0) is 9.97. The van der Waals surface area contributed by atoms with Crippen LogP contribution in [0.1, 0.15) is 25.8 Å². The summed E-state index contributed by atoms with van der Waals surface area (Å²) >= 11 is 0. The Labute approximate surface area is 86.5 Å². The third kappa shape index (κ3) is 2.36. The van der Waals surface area contributed by atoms with Gasteiger partial charge in [-0.1, -0.05) is 37.3 Å². The highest BCUT2D eigenvalue weighted by atomic mass is 14.9. The number of benzene rings is 1. The summed E-state index contributed by atoms with van der Waals surface area (Å²) < 4.78 is 0. The highest BCUT2D eigenvalue weighted by molar-refractivity contribution is 5.14. The molecule has 0 unspecified atom stereocenters. The molecule has 1 fully saturated rings. The first kappa shape index (κ1) is 9.72. The van der Waals surface area contributed by atoms with E-state index in [2.05, 4.69) is 49.5 Å². The zero-order valence-corrected chi connectivity index (χ0v) is 9.03. The van der Waals surface area contributed by atoms with Crippen LogP contribution in [0.3, 0.4) is 0 Å². The fraction of sp³-hybridized carbons (Fsp3) is 0.538. The second-order valence-electron chi connectivity index (χ2n) is 4.53. The Hall–Kier alpha value is -0.820. The second kappa shape index (κ2) is 4.14. The van der Waals surface area contributed by atoms with Crippen molar-refractivity contribution in [2.45, 2.75) is 32.9 Å². The van der Waals surface area contributed by atoms with E-state index in [1.165, 1.54) is 12.0 Å². The van der Waals surface area contributed by atoms with Crippen LogP contribution < -0.4 is 5.32 Å². The van der Waals surface area contributed by atoms with Crippen LogP contribution in [0, 0.1) is 11.8 Å². The largest absolute Gasteiger partial charge is 0.310 e. The third-order valence-electron chi connectivity index (χ3n) is 3.28. The number of hydrogen-bond donors (Lipinski definition) is 1. The highest BCUT2D eigenvalue weighted by Crippen LogP contribution is 2.40. The molecule has 3 atom stereocenters. The summed E-state index contributed by atoms with van der Waals surface area (Å²) in [5.74, 6) is 1.85. The molecule has 0 spiro atoms. The van der Waals surface area contributed by atoms with Crippen molar-refractivity contribution in [3.05, 3.63) is 35.9 Å². The Morgan fingerprint density at radius 1 is 1.36 bits per heavy atom. The molecule has 1 aromatic rings. The van der Waals surface area contributed by atoms with Gasteiger partial charge >= 0.3 is 0 Å². The van der Waals surface area contributed by atoms with Crippen LogP contribution in [0.2, 0.25) is 0 Å². The fourth-order valence-corrected chi connectivity index (χ4v) is 2.07. The molecule has 1 saturated carbocycles. The van der Waals surface area contributed by atoms with E-state index in [1.807, 2.05) is 0 Å². The van der Waals surface area contributed by atoms with Gasteiger partial charge in [0.25, 0.3) is 0 Å². The molecule has 0 saturated heterocycles. The van der Waals surface area contributed by atoms with Crippen LogP contribution in [0.15, 0.2) is 30.3 Å². The van der Waals surface area contributed by atoms with Gasteiger partial charge in [0, 0.05) is 12.6 Å². The van der Waals surface area contributed by atoms with Gasteiger partial charge in [-0.15, -0.1) is 0 Å². The predicted octanol–water partition coefficient (Wildman–Crippen LogP) is 2.82. The number of hydrogen-bond acceptors (Lipinski definition) is 1. The van der Waals surface area contributed by atoms with Crippen LogP contribution in [-0.4, -0.2) is 6.04 Å². The van der Waals surface area contributed by atoms with Crippen molar-refractivity contribution in [1.82, 2.24) is 5.32 Å². The maximum absolute atomic E-state index is 3.59. The lowest BCUT2D eigenvalue weighted by molar-refractivity contribution is 0.477. The van der Waals surface area contributed by atoms with Gasteiger partial charge in [0.1, 0.15) is 0 Å². The SMILES string of the molecule is C[C@@H]1C[C@@H]1[C@H](C)NCc1ccccc1. The number of nitrogens with one attached hydrogen (secondary N) is 1. The minimum Gasteiger partial charge on any atom is -0.310 e. The lowest BCUT2D eigenvalue weighted by Gasteiger charge is -2.13. The fourth-order valence-electron chi connectivity index (χ4n) is 2.07. The molecule has 0 aromatic heterocycles. The van der Waals surface area contributed by atoms with Crippen molar-refractivity contribution in [2.75, 3.05) is 0 Å². The molecule has 0 radical (unpaired) electrons. The lowest BCUT2D eigenvalue weighted by atomic mass is 10.1. The normalized spacial score (nSPS) is 27.3. The first-order valence-electron chi connectivity index (χ1n) is 5.54. The van der Waals surface area contributed by atoms with Crippen molar-refractivity contribution < 1.29 is 0 Å². The molecule has 0 heterocycles. The quantitative estimate of drug-likeness (QED) is 0.768. The minimum atomic E-state index is 0.671. The van der Waals surface area contributed by atoms with E-state index < -0.39 is 0 Å². The monoisotopic (exact) mass is 189 g/mol. The summed E-state index contributed by atoms with van der Waals surface area (Å²) in [6, 6.07) is 11.3. The Kier molecular flexibility index (Phi) is 2.87. The molecule has 1 aromatic carbocycles. The van der Waals surface area contributed by atoms with E-state index in [9.17, 15) is 0 Å². The van der Waals surface area contributed by atoms with E-state index in [1.54, 1.807) is 0 Å². The van der Waals surface area contributed by atoms with E-state index in [4.69, 9.17) is 0 Å². The van der Waals surface area contributed by atoms with E-state index in [0.717, 1.165) is 18.4 Å². The Bertz CT molecular complexity index is 281. The molecule has 14 heavy (non-hydrogen) atoms. The summed E-state index contributed by atoms with van der Waals surface area (Å²) in [7, 11) is 0. The van der Waals surface area contributed by atoms with E-state index in [0.29, 0.717) is 6.04 Å². The third-order valence-corrected chi connectivity index (χ3v) is 3.28. The summed E-state index contributed by atoms with van der Waals surface area (Å²) in [5, 5.41) is 3.59. The van der Waals surface area contributed by atoms with E-state index in [-0.39, 0.29) is 0 Å². The average molecular weight is 189 g/mol. The standard InChI is InChI=1S/C13H19N/c1-10-8-13(10)11(2)14-9-12-6-4-3-5-7-12/h3-7,10-11,13-14H,8-9H2,1-2H3/t10-,11+,13+/m1/s1. The maximum Gasteiger partial charge on any atom is 0.0208 e. The Morgan fingerprint density at radius 2 is 2.00 bits per heavy atom. The molecule has 1 nitrogen and oxygen atoms in total. The molecule has 0 aliphatic heterocycles. The zero-order valence-electron chi connectivity index (χ0n) is 9.03. The van der Waals surface area contributed by atoms with Crippen molar-refractivity contribution in [3.8, 4) is 0 Å². The van der Waals surface area contributed by atoms with Crippen LogP contribution in [0.4, 0.5) is 0 Å². The van der Waals surface area contributed by atoms with Gasteiger partial charge in [-0.05, 0) is 30.7 Å². The molecule has 0 bridgehead atoms. The van der Waals surface area contributed by atoms with Crippen LogP contribution in [0.5, 0.6) is 0 Å². The van der Waals surface area contributed by atoms with E-state index >= 15 is 0 Å². The van der Waals surface area contributed by atoms with Gasteiger partial charge in [0.15, 0.2) is 0 Å². The van der Waals surface area contributed by atoms with Crippen molar-refractivity contribution in [3.63, 3.8) is 0 Å². The molecule has 76 valence electrons. The van der Waals surface area contributed by atoms with Gasteiger partial charge < -0.3 is 5.32 Å². The molecule has 2 rings (SSSR count). The van der Waals surface area contributed by atoms with Gasteiger partial charge in [-0.2, -0.15) is 0 Å². The summed E-state index contributed by atoms with van der Waals surface area (Å²) in [6.45, 7) is 5.65. The molecular formula is C13H19N. The Morgan fingerprint density at radius 3 is 2.57 bits per heavy atom. The Balaban J connectivity index is 1.77. The van der Waals surface area contributed by atoms with Crippen LogP contribution in [0.25, 0.3) is 0 Å². The molecule has 1 heteroatoms. The minimum absolute atomic E-state index is 0.671. The lowest BCUT2D eigenvalue weighted by Crippen LogP contribution is -2.27. The summed E-state index contributed by atoms with van der Waals surface area (Å²) in [6.07, 6.45) is 1.41. The highest BCUT2D eigenvalue weighted by Gasteiger charge is 2.36. The van der Waals surface area contributed by atoms with Gasteiger partial charge in [-0.3, -0.25) is 0 Å². The van der Waals surface area contributed by atoms with Crippen LogP contribution in [-0.2, 0) is 6.54 Å². The van der Waals surface area contributed by atoms with Gasteiger partial charge in [0.05, 0.1) is 0 Å². The van der Waals surface area contributed by atoms with Crippen molar-refractivity contribution in [1.29, 1.82) is 0 Å². The maximum atomic E-state index is 3.59. The van der Waals surface area contributed by atoms with Crippen molar-refractivity contribution >= 4 is 0 Å². The second-order valence-corrected chi connectivity index (χ2v) is 4.53. The first-order chi connectivity index (χ1) is 6.77. The topological polar surface area (TPSA) is 12.0 Å². The summed E-state index contributed by atoms with van der Waals surface area (Å²) in [4.78, 5) is 0. The molecule has 0 amide bonds. The number of rotatable bonds is 4. The predicted molar refractivity (Wildman–Crippen MR) is 60.0 cm³/mol. The van der Waals surface area contributed by atoms with Crippen molar-refractivity contribution in [2.24, 2.45) is 11.8 Å². The summed E-state index contributed by atoms with van der Waals surface area (Å²) in [5.41, 5.74) is 1.38. The van der Waals surface area contributed by atoms with Gasteiger partial charge in [0.2, 0.25) is 0 Å². The smallest absolute Gasteiger partial charge is 0.0208 e. The van der Waals surface area contributed by atoms with Crippen LogP contribution >= 0.6 is 0 Å². The average Bonchev–Trinajstić information content (AvgIpc) is 2.94. The molecule has 1 aliphatic carbocycles. The molecule has 1 aliphatic rings. The van der Waals surface area contributed by atoms with Gasteiger partial charge in [-0.25, -0.2) is 0 Å². The molecule has 1 N–H and O–H groups in total. The molecular weight excluding hydrogens is 170 g/mol. The first-order valence-corrected chi connectivity index (χ1v) is 5.54.